The number of pyridine rings is 1. The van der Waals surface area contributed by atoms with Crippen molar-refractivity contribution in [1.29, 1.82) is 0 Å². The number of nitrogens with zero attached hydrogens (tertiary/aromatic N) is 1. The molecular weight excluding hydrogens is 642 g/mol. The van der Waals surface area contributed by atoms with E-state index in [9.17, 15) is 19.2 Å². The number of rotatable bonds is 9. The molecule has 4 aliphatic carbocycles. The molecule has 9 nitrogen and oxygen atoms in total. The molecule has 4 aliphatic rings. The van der Waals surface area contributed by atoms with Gasteiger partial charge in [0.2, 0.25) is 0 Å². The number of aromatic nitrogens is 1. The normalized spacial score (nSPS) is 35.1. The number of carbonyl (C=O) groups is 4. The summed E-state index contributed by atoms with van der Waals surface area (Å²) in [6.45, 7) is 20.0. The lowest BCUT2D eigenvalue weighted by molar-refractivity contribution is -0.206. The lowest BCUT2D eigenvalue weighted by Crippen LogP contribution is -2.64. The van der Waals surface area contributed by atoms with E-state index in [0.29, 0.717) is 59.5 Å². The molecule has 0 aromatic carbocycles. The van der Waals surface area contributed by atoms with Gasteiger partial charge in [-0.15, -0.1) is 0 Å². The molecule has 1 aromatic heterocycles. The average Bonchev–Trinajstić information content (AvgIpc) is 3.04. The molecule has 3 N–H and O–H groups in total. The number of methoxy groups -OCH3 is 1. The molecule has 5 rings (SSSR count). The number of allylic oxidation sites excluding steroid dienone is 1. The van der Waals surface area contributed by atoms with Crippen LogP contribution in [0.2, 0.25) is 0 Å². The first-order chi connectivity index (χ1) is 23.8. The number of nitrogens with one attached hydrogen (secondary N) is 2. The van der Waals surface area contributed by atoms with Crippen molar-refractivity contribution in [2.24, 2.45) is 51.2 Å². The van der Waals surface area contributed by atoms with Crippen molar-refractivity contribution in [3.63, 3.8) is 0 Å². The van der Waals surface area contributed by atoms with Gasteiger partial charge in [0.15, 0.2) is 0 Å². The fourth-order valence-electron chi connectivity index (χ4n) is 11.5. The molecular formula is C42H65N3O6. The van der Waals surface area contributed by atoms with Gasteiger partial charge in [-0.2, -0.15) is 0 Å². The van der Waals surface area contributed by atoms with Crippen LogP contribution in [0.4, 0.5) is 10.5 Å². The van der Waals surface area contributed by atoms with E-state index in [1.54, 1.807) is 24.5 Å². The zero-order valence-electron chi connectivity index (χ0n) is 32.9. The molecule has 51 heavy (non-hydrogen) atoms. The second-order valence-electron chi connectivity index (χ2n) is 18.1. The van der Waals surface area contributed by atoms with Crippen LogP contribution in [0.1, 0.15) is 127 Å². The Bertz CT molecular complexity index is 1460. The molecule has 8 unspecified atom stereocenters. The van der Waals surface area contributed by atoms with Gasteiger partial charge >= 0.3 is 12.0 Å². The highest BCUT2D eigenvalue weighted by Gasteiger charge is 2.65. The maximum absolute atomic E-state index is 13.5. The zero-order chi connectivity index (χ0) is 38.0. The topological polar surface area (TPSA) is 135 Å². The molecule has 9 heteroatoms. The van der Waals surface area contributed by atoms with Crippen LogP contribution < -0.4 is 10.6 Å². The predicted octanol–water partition coefficient (Wildman–Crippen LogP) is 8.88. The summed E-state index contributed by atoms with van der Waals surface area (Å²) in [4.78, 5) is 50.0. The second kappa shape index (κ2) is 15.5. The van der Waals surface area contributed by atoms with Crippen molar-refractivity contribution in [1.82, 2.24) is 10.3 Å². The van der Waals surface area contributed by atoms with Gasteiger partial charge in [-0.25, -0.2) is 4.79 Å². The number of amides is 2. The fraction of sp³-hybridized carbons (Fsp3) is 0.738. The third-order valence-corrected chi connectivity index (χ3v) is 14.4. The quantitative estimate of drug-likeness (QED) is 0.172. The minimum Gasteiger partial charge on any atom is -0.481 e. The Labute approximate surface area is 306 Å². The van der Waals surface area contributed by atoms with E-state index in [1.165, 1.54) is 50.7 Å². The molecule has 2 amide bonds. The molecule has 284 valence electrons. The number of fused-ring (bicyclic) bond motifs is 5. The summed E-state index contributed by atoms with van der Waals surface area (Å²) in [7, 11) is 1.90. The van der Waals surface area contributed by atoms with Crippen molar-refractivity contribution in [2.75, 3.05) is 12.4 Å². The first kappa shape index (κ1) is 40.7. The van der Waals surface area contributed by atoms with Crippen molar-refractivity contribution < 1.29 is 29.0 Å². The SMILES string of the molecule is CC(C)(CC=O)C(=O)O.COC1CCC2(C)C(CCC3(C)C4CCC(CC=O)(NC(=O)Nc5ccncc5)/C(=C(\C)C(C)C)C4CCC32)C1(C)C. The molecule has 0 saturated heterocycles. The number of carboxylic acids is 1. The summed E-state index contributed by atoms with van der Waals surface area (Å²) in [5.74, 6) is 1.71. The minimum absolute atomic E-state index is 0.0718. The van der Waals surface area contributed by atoms with Gasteiger partial charge in [0.25, 0.3) is 0 Å². The summed E-state index contributed by atoms with van der Waals surface area (Å²) < 4.78 is 6.05. The number of carboxylic acid groups (broad SMARTS) is 1. The number of hydrogen-bond donors (Lipinski definition) is 3. The summed E-state index contributed by atoms with van der Waals surface area (Å²) in [5, 5.41) is 14.8. The van der Waals surface area contributed by atoms with Gasteiger partial charge in [0, 0.05) is 38.0 Å². The van der Waals surface area contributed by atoms with Crippen LogP contribution in [0, 0.1) is 51.2 Å². The van der Waals surface area contributed by atoms with E-state index in [1.807, 2.05) is 7.11 Å². The van der Waals surface area contributed by atoms with Gasteiger partial charge < -0.3 is 30.1 Å². The standard InChI is InChI=1S/C36H55N3O3.C6H10O3/c1-23(2)24(3)31-26-9-10-29-34(6,16-12-28-33(4,5)30(42-8)13-17-35(28,29)7)27(26)11-18-36(31,19-22-40)39-32(41)38-25-14-20-37-21-15-25;1-6(2,3-4-7)5(8)9/h14-15,20-23,26-30H,9-13,16-19H2,1-8H3,(H2,37,38,39,41);4H,3H2,1-2H3,(H,8,9)/b31-24+;. The Morgan fingerprint density at radius 3 is 2.16 bits per heavy atom. The van der Waals surface area contributed by atoms with E-state index < -0.39 is 16.9 Å². The predicted molar refractivity (Wildman–Crippen MR) is 201 cm³/mol. The minimum atomic E-state index is -0.936. The van der Waals surface area contributed by atoms with Crippen molar-refractivity contribution >= 4 is 30.3 Å². The van der Waals surface area contributed by atoms with Crippen LogP contribution in [0.3, 0.4) is 0 Å². The van der Waals surface area contributed by atoms with Crippen molar-refractivity contribution in [3.8, 4) is 0 Å². The highest BCUT2D eigenvalue weighted by atomic mass is 16.5. The van der Waals surface area contributed by atoms with E-state index in [-0.39, 0.29) is 23.3 Å². The smallest absolute Gasteiger partial charge is 0.319 e. The van der Waals surface area contributed by atoms with Crippen LogP contribution in [-0.2, 0) is 19.1 Å². The van der Waals surface area contributed by atoms with Gasteiger partial charge in [0.1, 0.15) is 12.6 Å². The third-order valence-electron chi connectivity index (χ3n) is 14.4. The van der Waals surface area contributed by atoms with Crippen LogP contribution in [0.5, 0.6) is 0 Å². The Morgan fingerprint density at radius 2 is 1.61 bits per heavy atom. The first-order valence-electron chi connectivity index (χ1n) is 19.2. The second-order valence-corrected chi connectivity index (χ2v) is 18.1. The zero-order valence-corrected chi connectivity index (χ0v) is 32.9. The Morgan fingerprint density at radius 1 is 0.961 bits per heavy atom. The maximum Gasteiger partial charge on any atom is 0.319 e. The molecule has 0 spiro atoms. The molecule has 4 fully saturated rings. The largest absolute Gasteiger partial charge is 0.481 e. The maximum atomic E-state index is 13.5. The van der Waals surface area contributed by atoms with Crippen LogP contribution in [0.15, 0.2) is 35.7 Å². The number of hydrogen-bond acceptors (Lipinski definition) is 6. The Hall–Kier alpha value is -3.07. The van der Waals surface area contributed by atoms with Crippen molar-refractivity contribution in [2.45, 2.75) is 138 Å². The molecule has 0 bridgehead atoms. The molecule has 1 heterocycles. The summed E-state index contributed by atoms with van der Waals surface area (Å²) in [6, 6.07) is 3.33. The number of urea groups is 1. The first-order valence-corrected chi connectivity index (χ1v) is 19.2. The molecule has 8 atom stereocenters. The number of aldehydes is 2. The number of anilines is 1. The van der Waals surface area contributed by atoms with Gasteiger partial charge in [-0.05, 0) is 136 Å². The highest BCUT2D eigenvalue weighted by Crippen LogP contribution is 2.71. The van der Waals surface area contributed by atoms with Gasteiger partial charge in [-0.1, -0.05) is 47.1 Å². The van der Waals surface area contributed by atoms with E-state index in [2.05, 4.69) is 64.1 Å². The summed E-state index contributed by atoms with van der Waals surface area (Å²) in [5.41, 5.74) is 2.58. The fourth-order valence-corrected chi connectivity index (χ4v) is 11.5. The number of ether oxygens (including phenoxy) is 1. The molecule has 4 saturated carbocycles. The van der Waals surface area contributed by atoms with Crippen molar-refractivity contribution in [3.05, 3.63) is 35.7 Å². The van der Waals surface area contributed by atoms with E-state index in [4.69, 9.17) is 9.84 Å². The third kappa shape index (κ3) is 7.70. The Kier molecular flexibility index (Phi) is 12.4. The lowest BCUT2D eigenvalue weighted by Gasteiger charge is -2.69. The average molecular weight is 708 g/mol. The van der Waals surface area contributed by atoms with E-state index >= 15 is 0 Å². The number of aliphatic carboxylic acids is 1. The lowest BCUT2D eigenvalue weighted by atomic mass is 9.36. The monoisotopic (exact) mass is 707 g/mol. The highest BCUT2D eigenvalue weighted by molar-refractivity contribution is 5.90. The molecule has 0 aliphatic heterocycles. The van der Waals surface area contributed by atoms with Gasteiger partial charge in [-0.3, -0.25) is 9.78 Å². The van der Waals surface area contributed by atoms with Gasteiger partial charge in [0.05, 0.1) is 17.1 Å². The summed E-state index contributed by atoms with van der Waals surface area (Å²) >= 11 is 0. The molecule has 0 radical (unpaired) electrons. The summed E-state index contributed by atoms with van der Waals surface area (Å²) in [6.07, 6.45) is 14.8. The van der Waals surface area contributed by atoms with Crippen LogP contribution >= 0.6 is 0 Å². The Balaban J connectivity index is 0.000000573. The van der Waals surface area contributed by atoms with Crippen LogP contribution in [0.25, 0.3) is 0 Å². The number of carbonyl (C=O) groups excluding carboxylic acids is 3. The molecule has 1 aromatic rings. The van der Waals surface area contributed by atoms with E-state index in [0.717, 1.165) is 32.0 Å². The van der Waals surface area contributed by atoms with Crippen LogP contribution in [-0.4, -0.2) is 53.4 Å².